The highest BCUT2D eigenvalue weighted by atomic mass is 16.5. The largest absolute Gasteiger partial charge is 0.497 e. The molecule has 2 N–H and O–H groups in total. The van der Waals surface area contributed by atoms with Crippen molar-refractivity contribution in [1.29, 1.82) is 0 Å². The van der Waals surface area contributed by atoms with E-state index in [4.69, 9.17) is 9.47 Å². The van der Waals surface area contributed by atoms with Gasteiger partial charge in [-0.15, -0.1) is 0 Å². The first kappa shape index (κ1) is 21.0. The molecule has 0 heterocycles. The van der Waals surface area contributed by atoms with Crippen LogP contribution in [0.25, 0.3) is 0 Å². The summed E-state index contributed by atoms with van der Waals surface area (Å²) in [5, 5.41) is 5.40. The van der Waals surface area contributed by atoms with Gasteiger partial charge in [-0.05, 0) is 43.7 Å². The molecule has 0 unspecified atom stereocenters. The Morgan fingerprint density at radius 2 is 1.57 bits per heavy atom. The van der Waals surface area contributed by atoms with E-state index < -0.39 is 23.2 Å². The highest BCUT2D eigenvalue weighted by Crippen LogP contribution is 2.22. The van der Waals surface area contributed by atoms with Crippen LogP contribution in [0.1, 0.15) is 29.8 Å². The zero-order chi connectivity index (χ0) is 20.7. The van der Waals surface area contributed by atoms with Gasteiger partial charge in [0.15, 0.2) is 0 Å². The van der Waals surface area contributed by atoms with Crippen molar-refractivity contribution in [2.24, 2.45) is 5.41 Å². The Hall–Kier alpha value is -3.35. The van der Waals surface area contributed by atoms with Crippen molar-refractivity contribution >= 4 is 23.5 Å². The summed E-state index contributed by atoms with van der Waals surface area (Å²) in [7, 11) is 2.84. The maximum absolute atomic E-state index is 12.7. The van der Waals surface area contributed by atoms with E-state index in [0.29, 0.717) is 0 Å². The van der Waals surface area contributed by atoms with Crippen LogP contribution >= 0.6 is 0 Å². The fourth-order valence-electron chi connectivity index (χ4n) is 2.41. The smallest absolute Gasteiger partial charge is 0.339 e. The van der Waals surface area contributed by atoms with Gasteiger partial charge in [0, 0.05) is 6.54 Å². The van der Waals surface area contributed by atoms with Gasteiger partial charge >= 0.3 is 5.97 Å². The fraction of sp³-hybridized carbons (Fsp3) is 0.286. The highest BCUT2D eigenvalue weighted by molar-refractivity contribution is 6.11. The summed E-state index contributed by atoms with van der Waals surface area (Å²) in [4.78, 5) is 37.1. The van der Waals surface area contributed by atoms with Crippen molar-refractivity contribution in [2.45, 2.75) is 20.4 Å². The number of rotatable bonds is 7. The third-order valence-corrected chi connectivity index (χ3v) is 4.33. The number of esters is 1. The van der Waals surface area contributed by atoms with Crippen molar-refractivity contribution in [3.8, 4) is 5.75 Å². The Bertz CT molecular complexity index is 859. The van der Waals surface area contributed by atoms with Crippen LogP contribution in [0.5, 0.6) is 5.75 Å². The van der Waals surface area contributed by atoms with Crippen LogP contribution < -0.4 is 15.4 Å². The van der Waals surface area contributed by atoms with Crippen molar-refractivity contribution in [3.63, 3.8) is 0 Å². The summed E-state index contributed by atoms with van der Waals surface area (Å²) in [6.07, 6.45) is 0. The number of para-hydroxylation sites is 1. The highest BCUT2D eigenvalue weighted by Gasteiger charge is 2.36. The Morgan fingerprint density at radius 1 is 0.929 bits per heavy atom. The maximum atomic E-state index is 12.7. The van der Waals surface area contributed by atoms with Crippen LogP contribution in [0.15, 0.2) is 48.5 Å². The summed E-state index contributed by atoms with van der Waals surface area (Å²) < 4.78 is 9.82. The Labute approximate surface area is 164 Å². The summed E-state index contributed by atoms with van der Waals surface area (Å²) in [5.74, 6) is -0.816. The second-order valence-corrected chi connectivity index (χ2v) is 6.65. The number of carbonyl (C=O) groups excluding carboxylic acids is 3. The number of hydrogen-bond acceptors (Lipinski definition) is 5. The quantitative estimate of drug-likeness (QED) is 0.566. The summed E-state index contributed by atoms with van der Waals surface area (Å²) >= 11 is 0. The molecule has 0 saturated heterocycles. The molecule has 28 heavy (non-hydrogen) atoms. The third-order valence-electron chi connectivity index (χ3n) is 4.33. The first-order valence-corrected chi connectivity index (χ1v) is 8.69. The van der Waals surface area contributed by atoms with Gasteiger partial charge in [-0.1, -0.05) is 24.3 Å². The molecule has 0 aliphatic carbocycles. The van der Waals surface area contributed by atoms with Gasteiger partial charge in [-0.2, -0.15) is 0 Å². The van der Waals surface area contributed by atoms with E-state index in [2.05, 4.69) is 10.6 Å². The Morgan fingerprint density at radius 3 is 2.18 bits per heavy atom. The molecule has 0 bridgehead atoms. The van der Waals surface area contributed by atoms with Crippen LogP contribution in [0.4, 0.5) is 5.69 Å². The minimum Gasteiger partial charge on any atom is -0.497 e. The molecular weight excluding hydrogens is 360 g/mol. The molecule has 0 aromatic heterocycles. The normalized spacial score (nSPS) is 10.7. The average molecular weight is 384 g/mol. The molecule has 0 atom stereocenters. The molecule has 2 rings (SSSR count). The summed E-state index contributed by atoms with van der Waals surface area (Å²) in [6.45, 7) is 3.32. The van der Waals surface area contributed by atoms with Crippen LogP contribution in [-0.4, -0.2) is 32.0 Å². The first-order chi connectivity index (χ1) is 13.3. The number of methoxy groups -OCH3 is 2. The van der Waals surface area contributed by atoms with Crippen molar-refractivity contribution in [3.05, 3.63) is 59.7 Å². The molecule has 7 heteroatoms. The SMILES string of the molecule is COC(=O)c1ccccc1NC(=O)C(C)(C)C(=O)NCc1ccc(OC)cc1. The van der Waals surface area contributed by atoms with Crippen LogP contribution in [0, 0.1) is 5.41 Å². The molecule has 0 aliphatic rings. The summed E-state index contributed by atoms with van der Waals surface area (Å²) in [5.41, 5.74) is 0.0277. The minimum absolute atomic E-state index is 0.216. The maximum Gasteiger partial charge on any atom is 0.339 e. The number of benzene rings is 2. The van der Waals surface area contributed by atoms with Gasteiger partial charge in [-0.25, -0.2) is 4.79 Å². The van der Waals surface area contributed by atoms with Gasteiger partial charge in [0.1, 0.15) is 11.2 Å². The zero-order valence-electron chi connectivity index (χ0n) is 16.4. The number of carbonyl (C=O) groups is 3. The molecule has 7 nitrogen and oxygen atoms in total. The van der Waals surface area contributed by atoms with Crippen molar-refractivity contribution < 1.29 is 23.9 Å². The van der Waals surface area contributed by atoms with Crippen LogP contribution in [-0.2, 0) is 20.9 Å². The monoisotopic (exact) mass is 384 g/mol. The number of ether oxygens (including phenoxy) is 2. The van der Waals surface area contributed by atoms with Gasteiger partial charge in [0.05, 0.1) is 25.5 Å². The number of nitrogens with one attached hydrogen (secondary N) is 2. The third kappa shape index (κ3) is 4.88. The Kier molecular flexibility index (Phi) is 6.76. The van der Waals surface area contributed by atoms with Crippen LogP contribution in [0.2, 0.25) is 0 Å². The van der Waals surface area contributed by atoms with Crippen molar-refractivity contribution in [2.75, 3.05) is 19.5 Å². The lowest BCUT2D eigenvalue weighted by molar-refractivity contribution is -0.138. The molecule has 0 aliphatic heterocycles. The second-order valence-electron chi connectivity index (χ2n) is 6.65. The van der Waals surface area contributed by atoms with Gasteiger partial charge < -0.3 is 20.1 Å². The molecule has 0 radical (unpaired) electrons. The predicted molar refractivity (Wildman–Crippen MR) is 105 cm³/mol. The van der Waals surface area contributed by atoms with Gasteiger partial charge in [-0.3, -0.25) is 9.59 Å². The molecule has 0 fully saturated rings. The second kappa shape index (κ2) is 9.03. The number of hydrogen-bond donors (Lipinski definition) is 2. The zero-order valence-corrected chi connectivity index (χ0v) is 16.4. The van der Waals surface area contributed by atoms with Crippen molar-refractivity contribution in [1.82, 2.24) is 5.32 Å². The minimum atomic E-state index is -1.35. The van der Waals surface area contributed by atoms with Gasteiger partial charge in [0.2, 0.25) is 11.8 Å². The van der Waals surface area contributed by atoms with Crippen LogP contribution in [0.3, 0.4) is 0 Å². The standard InChI is InChI=1S/C21H24N2O5/c1-21(2,19(25)22-13-14-9-11-15(27-3)12-10-14)20(26)23-17-8-6-5-7-16(17)18(24)28-4/h5-12H,13H2,1-4H3,(H,22,25)(H,23,26). The lowest BCUT2D eigenvalue weighted by atomic mass is 9.90. The Balaban J connectivity index is 2.05. The molecule has 0 spiro atoms. The summed E-state index contributed by atoms with van der Waals surface area (Å²) in [6, 6.07) is 13.7. The van der Waals surface area contributed by atoms with E-state index in [1.165, 1.54) is 27.0 Å². The van der Waals surface area contributed by atoms with E-state index in [9.17, 15) is 14.4 Å². The first-order valence-electron chi connectivity index (χ1n) is 8.69. The molecule has 0 saturated carbocycles. The fourth-order valence-corrected chi connectivity index (χ4v) is 2.41. The van der Waals surface area contributed by atoms with E-state index >= 15 is 0 Å². The van der Waals surface area contributed by atoms with Gasteiger partial charge in [0.25, 0.3) is 0 Å². The molecule has 2 aromatic carbocycles. The average Bonchev–Trinajstić information content (AvgIpc) is 2.72. The van der Waals surface area contributed by atoms with E-state index in [-0.39, 0.29) is 17.8 Å². The molecular formula is C21H24N2O5. The van der Waals surface area contributed by atoms with E-state index in [1.54, 1.807) is 37.4 Å². The number of amides is 2. The molecule has 148 valence electrons. The lowest BCUT2D eigenvalue weighted by Crippen LogP contribution is -2.45. The topological polar surface area (TPSA) is 93.7 Å². The molecule has 2 aromatic rings. The van der Waals surface area contributed by atoms with E-state index in [0.717, 1.165) is 11.3 Å². The lowest BCUT2D eigenvalue weighted by Gasteiger charge is -2.23. The van der Waals surface area contributed by atoms with E-state index in [1.807, 2.05) is 12.1 Å². The number of anilines is 1. The molecule has 2 amide bonds. The predicted octanol–water partition coefficient (Wildman–Crippen LogP) is 2.76.